The highest BCUT2D eigenvalue weighted by molar-refractivity contribution is 5.33. The van der Waals surface area contributed by atoms with Gasteiger partial charge in [0.25, 0.3) is 5.56 Å². The summed E-state index contributed by atoms with van der Waals surface area (Å²) in [6.07, 6.45) is 8.91. The van der Waals surface area contributed by atoms with E-state index in [0.717, 1.165) is 48.8 Å². The van der Waals surface area contributed by atoms with Gasteiger partial charge in [-0.1, -0.05) is 42.5 Å². The first-order valence-electron chi connectivity index (χ1n) is 11.1. The summed E-state index contributed by atoms with van der Waals surface area (Å²) in [6.45, 7) is 0. The molecule has 0 amide bonds. The molecule has 170 valence electrons. The van der Waals surface area contributed by atoms with Crippen LogP contribution in [0.5, 0.6) is 0 Å². The maximum Gasteiger partial charge on any atom is 0.416 e. The van der Waals surface area contributed by atoms with Crippen molar-refractivity contribution in [2.75, 3.05) is 0 Å². The molecule has 0 aliphatic heterocycles. The van der Waals surface area contributed by atoms with Crippen LogP contribution in [0.4, 0.5) is 13.2 Å². The van der Waals surface area contributed by atoms with Gasteiger partial charge in [-0.25, -0.2) is 4.79 Å². The minimum absolute atomic E-state index is 0.0248. The molecule has 1 atom stereocenters. The van der Waals surface area contributed by atoms with Crippen molar-refractivity contribution < 1.29 is 13.2 Å². The Hall–Kier alpha value is -2.83. The predicted octanol–water partition coefficient (Wildman–Crippen LogP) is 5.09. The van der Waals surface area contributed by atoms with Crippen molar-refractivity contribution >= 4 is 0 Å². The van der Waals surface area contributed by atoms with E-state index in [0.29, 0.717) is 28.7 Å². The zero-order valence-electron chi connectivity index (χ0n) is 18.0. The van der Waals surface area contributed by atoms with Crippen LogP contribution in [0.15, 0.2) is 58.2 Å². The maximum absolute atomic E-state index is 13.1. The van der Waals surface area contributed by atoms with E-state index in [1.807, 2.05) is 0 Å². The normalized spacial score (nSPS) is 23.4. The fourth-order valence-electron chi connectivity index (χ4n) is 5.05. The van der Waals surface area contributed by atoms with Gasteiger partial charge in [-0.15, -0.1) is 0 Å². The summed E-state index contributed by atoms with van der Waals surface area (Å²) in [5, 5.41) is 0. The van der Waals surface area contributed by atoms with Crippen molar-refractivity contribution in [3.63, 3.8) is 0 Å². The molecule has 1 aromatic heterocycles. The number of hydrogen-bond acceptors (Lipinski definition) is 2. The monoisotopic (exact) mass is 444 g/mol. The molecule has 1 heterocycles. The van der Waals surface area contributed by atoms with Crippen LogP contribution < -0.4 is 11.2 Å². The highest BCUT2D eigenvalue weighted by Gasteiger charge is 2.32. The standard InChI is InChI=1S/C25H27F3N2O2/c1-30-23(31)21(15-16-6-5-9-20(14-16)25(26,27)28)22(29-24(30)32)19-12-10-18(11-13-19)17-7-3-2-4-8-17/h2-7,9,14,17-19H,8,10-13,15H2,1H3,(H,29,32). The van der Waals surface area contributed by atoms with Crippen LogP contribution >= 0.6 is 0 Å². The second kappa shape index (κ2) is 8.96. The number of benzene rings is 1. The van der Waals surface area contributed by atoms with Crippen molar-refractivity contribution in [2.24, 2.45) is 18.9 Å². The molecule has 1 N–H and O–H groups in total. The van der Waals surface area contributed by atoms with Crippen LogP contribution in [-0.4, -0.2) is 9.55 Å². The summed E-state index contributed by atoms with van der Waals surface area (Å²) >= 11 is 0. The lowest BCUT2D eigenvalue weighted by Gasteiger charge is -2.33. The van der Waals surface area contributed by atoms with Crippen molar-refractivity contribution in [1.82, 2.24) is 9.55 Å². The number of H-pyrrole nitrogens is 1. The Morgan fingerprint density at radius 2 is 1.84 bits per heavy atom. The molecule has 2 aliphatic rings. The molecule has 0 bridgehead atoms. The van der Waals surface area contributed by atoms with Crippen molar-refractivity contribution in [1.29, 1.82) is 0 Å². The van der Waals surface area contributed by atoms with Crippen LogP contribution in [0.1, 0.15) is 60.4 Å². The van der Waals surface area contributed by atoms with Gasteiger partial charge in [-0.3, -0.25) is 9.36 Å². The van der Waals surface area contributed by atoms with Gasteiger partial charge in [-0.05, 0) is 61.5 Å². The summed E-state index contributed by atoms with van der Waals surface area (Å²) in [4.78, 5) is 28.2. The molecule has 1 unspecified atom stereocenters. The maximum atomic E-state index is 13.1. The van der Waals surface area contributed by atoms with Gasteiger partial charge in [0.2, 0.25) is 0 Å². The van der Waals surface area contributed by atoms with Gasteiger partial charge in [-0.2, -0.15) is 13.2 Å². The summed E-state index contributed by atoms with van der Waals surface area (Å²) in [7, 11) is 1.39. The first kappa shape index (κ1) is 22.4. The molecule has 4 rings (SSSR count). The number of allylic oxidation sites excluding steroid dienone is 4. The fraction of sp³-hybridized carbons (Fsp3) is 0.440. The largest absolute Gasteiger partial charge is 0.416 e. The van der Waals surface area contributed by atoms with E-state index >= 15 is 0 Å². The zero-order chi connectivity index (χ0) is 22.9. The van der Waals surface area contributed by atoms with Crippen LogP contribution in [0.3, 0.4) is 0 Å². The third kappa shape index (κ3) is 4.66. The number of hydrogen-bond donors (Lipinski definition) is 1. The average Bonchev–Trinajstić information content (AvgIpc) is 2.80. The second-order valence-corrected chi connectivity index (χ2v) is 8.89. The Labute approximate surface area is 184 Å². The predicted molar refractivity (Wildman–Crippen MR) is 118 cm³/mol. The lowest BCUT2D eigenvalue weighted by atomic mass is 9.72. The van der Waals surface area contributed by atoms with E-state index in [9.17, 15) is 22.8 Å². The van der Waals surface area contributed by atoms with Gasteiger partial charge in [0.15, 0.2) is 0 Å². The molecule has 2 aliphatic carbocycles. The fourth-order valence-corrected chi connectivity index (χ4v) is 5.05. The number of aromatic nitrogens is 2. The average molecular weight is 444 g/mol. The lowest BCUT2D eigenvalue weighted by Crippen LogP contribution is -2.38. The summed E-state index contributed by atoms with van der Waals surface area (Å²) in [6, 6.07) is 5.04. The molecule has 1 fully saturated rings. The van der Waals surface area contributed by atoms with E-state index in [2.05, 4.69) is 29.3 Å². The molecule has 4 nitrogen and oxygen atoms in total. The molecule has 7 heteroatoms. The van der Waals surface area contributed by atoms with E-state index < -0.39 is 23.0 Å². The zero-order valence-corrected chi connectivity index (χ0v) is 18.0. The molecule has 0 spiro atoms. The Balaban J connectivity index is 1.61. The first-order valence-corrected chi connectivity index (χ1v) is 11.1. The van der Waals surface area contributed by atoms with Crippen LogP contribution in [0.2, 0.25) is 0 Å². The van der Waals surface area contributed by atoms with Crippen LogP contribution in [0, 0.1) is 11.8 Å². The molecule has 1 aromatic carbocycles. The minimum Gasteiger partial charge on any atom is -0.310 e. The summed E-state index contributed by atoms with van der Waals surface area (Å²) < 4.78 is 40.4. The van der Waals surface area contributed by atoms with E-state index in [-0.39, 0.29) is 12.3 Å². The van der Waals surface area contributed by atoms with Gasteiger partial charge in [0.1, 0.15) is 0 Å². The highest BCUT2D eigenvalue weighted by Crippen LogP contribution is 2.40. The van der Waals surface area contributed by atoms with Gasteiger partial charge in [0, 0.05) is 24.7 Å². The minimum atomic E-state index is -4.45. The van der Waals surface area contributed by atoms with Gasteiger partial charge >= 0.3 is 11.9 Å². The third-order valence-corrected chi connectivity index (χ3v) is 6.87. The van der Waals surface area contributed by atoms with Crippen LogP contribution in [0.25, 0.3) is 0 Å². The smallest absolute Gasteiger partial charge is 0.310 e. The lowest BCUT2D eigenvalue weighted by molar-refractivity contribution is -0.137. The molecule has 2 aromatic rings. The third-order valence-electron chi connectivity index (χ3n) is 6.87. The Bertz CT molecular complexity index is 1150. The topological polar surface area (TPSA) is 54.9 Å². The molecule has 0 saturated heterocycles. The SMILES string of the molecule is Cn1c(=O)[nH]c(C2CCC(C3C=CC=CC3)CC2)c(Cc2cccc(C(F)(F)F)c2)c1=O. The van der Waals surface area contributed by atoms with Crippen molar-refractivity contribution in [3.05, 3.63) is 91.8 Å². The number of rotatable bonds is 4. The second-order valence-electron chi connectivity index (χ2n) is 8.89. The van der Waals surface area contributed by atoms with E-state index in [1.54, 1.807) is 6.07 Å². The molecular weight excluding hydrogens is 417 g/mol. The van der Waals surface area contributed by atoms with Crippen molar-refractivity contribution in [3.8, 4) is 0 Å². The number of nitrogens with zero attached hydrogens (tertiary/aromatic N) is 1. The van der Waals surface area contributed by atoms with Gasteiger partial charge < -0.3 is 4.98 Å². The summed E-state index contributed by atoms with van der Waals surface area (Å²) in [5.41, 5.74) is -0.293. The summed E-state index contributed by atoms with van der Waals surface area (Å²) in [5.74, 6) is 1.11. The van der Waals surface area contributed by atoms with E-state index in [4.69, 9.17) is 0 Å². The van der Waals surface area contributed by atoms with Crippen LogP contribution in [-0.2, 0) is 19.6 Å². The first-order chi connectivity index (χ1) is 15.2. The van der Waals surface area contributed by atoms with E-state index in [1.165, 1.54) is 13.1 Å². The highest BCUT2D eigenvalue weighted by atomic mass is 19.4. The Kier molecular flexibility index (Phi) is 6.26. The van der Waals surface area contributed by atoms with Gasteiger partial charge in [0.05, 0.1) is 5.56 Å². The molecule has 0 radical (unpaired) electrons. The number of halogens is 3. The molecular formula is C25H27F3N2O2. The Morgan fingerprint density at radius 1 is 1.09 bits per heavy atom. The molecule has 32 heavy (non-hydrogen) atoms. The van der Waals surface area contributed by atoms with Crippen molar-refractivity contribution in [2.45, 2.75) is 50.6 Å². The number of aromatic amines is 1. The number of nitrogens with one attached hydrogen (secondary N) is 1. The number of alkyl halides is 3. The quantitative estimate of drug-likeness (QED) is 0.714. The molecule has 1 saturated carbocycles. The Morgan fingerprint density at radius 3 is 2.50 bits per heavy atom.